The van der Waals surface area contributed by atoms with E-state index in [1.807, 2.05) is 49.4 Å². The number of aromatic nitrogens is 10. The second kappa shape index (κ2) is 32.3. The molecule has 0 bridgehead atoms. The normalized spacial score (nSPS) is 11.1. The molecule has 0 spiro atoms. The first-order chi connectivity index (χ1) is 48.7. The van der Waals surface area contributed by atoms with Gasteiger partial charge in [0.1, 0.15) is 51.8 Å². The van der Waals surface area contributed by atoms with Crippen molar-refractivity contribution in [2.75, 3.05) is 0 Å². The molecule has 0 unspecified atom stereocenters. The van der Waals surface area contributed by atoms with Gasteiger partial charge < -0.3 is 0 Å². The van der Waals surface area contributed by atoms with E-state index in [-0.39, 0.29) is 0 Å². The monoisotopic (exact) mass is 1330 g/mol. The van der Waals surface area contributed by atoms with E-state index < -0.39 is 0 Å². The summed E-state index contributed by atoms with van der Waals surface area (Å²) in [6.07, 6.45) is 26.4. The van der Waals surface area contributed by atoms with E-state index in [9.17, 15) is 0 Å². The quantitative estimate of drug-likeness (QED) is 0.127. The van der Waals surface area contributed by atoms with Gasteiger partial charge in [-0.25, -0.2) is 24.1 Å². The highest BCUT2D eigenvalue weighted by molar-refractivity contribution is 5.87. The minimum Gasteiger partial charge on any atom is -0.264 e. The third-order valence-electron chi connectivity index (χ3n) is 18.8. The lowest BCUT2D eigenvalue weighted by atomic mass is 9.98. The molecule has 0 aliphatic heterocycles. The molecule has 0 aliphatic rings. The van der Waals surface area contributed by atoms with Crippen LogP contribution in [0.4, 0.5) is 0 Å². The van der Waals surface area contributed by atoms with Crippen LogP contribution in [0.3, 0.4) is 0 Å². The van der Waals surface area contributed by atoms with Crippen molar-refractivity contribution in [2.24, 2.45) is 47.1 Å². The lowest BCUT2D eigenvalue weighted by molar-refractivity contribution is -0.659. The SMILES string of the molecule is Cc1ccccc1-c1cc2cc(C(C)C)cnc2c[n+]1C.Cc1ccccc1-c1cc2cc(CC(C)C)cnc2c[n+]1C.Cc1ccccc1-c1cc2cccnc2c[n+]1C.Cc1ccccc1-c1cc2ccncc2c[n+]1C.Cc1ccccc1-c1cc2cncc(CC(C)C)c2c[n+]1C. The first-order valence-electron chi connectivity index (χ1n) is 35.3. The van der Waals surface area contributed by atoms with Gasteiger partial charge in [-0.1, -0.05) is 139 Å². The molecule has 5 aromatic carbocycles. The Hall–Kier alpha value is -11.1. The van der Waals surface area contributed by atoms with Gasteiger partial charge in [0, 0.05) is 123 Å². The fraction of sp³-hybridized carbons (Fsp3) is 0.231. The van der Waals surface area contributed by atoms with E-state index in [2.05, 4.69) is 366 Å². The Labute approximate surface area is 597 Å². The first-order valence-corrected chi connectivity index (χ1v) is 35.3. The molecule has 10 heterocycles. The van der Waals surface area contributed by atoms with Crippen molar-refractivity contribution < 1.29 is 22.8 Å². The summed E-state index contributed by atoms with van der Waals surface area (Å²) in [6.45, 7) is 24.2. The van der Waals surface area contributed by atoms with E-state index in [4.69, 9.17) is 0 Å². The molecule has 10 nitrogen and oxygen atoms in total. The van der Waals surface area contributed by atoms with E-state index in [1.54, 1.807) is 0 Å². The molecule has 10 aromatic heterocycles. The molecule has 15 rings (SSSR count). The van der Waals surface area contributed by atoms with E-state index in [0.29, 0.717) is 17.8 Å². The van der Waals surface area contributed by atoms with Gasteiger partial charge in [0.15, 0.2) is 31.0 Å². The predicted octanol–water partition coefficient (Wildman–Crippen LogP) is 18.7. The highest BCUT2D eigenvalue weighted by atomic mass is 15.0. The maximum atomic E-state index is 4.63. The highest BCUT2D eigenvalue weighted by Crippen LogP contribution is 2.30. The Balaban J connectivity index is 0.000000127. The largest absolute Gasteiger partial charge is 0.264 e. The number of aryl methyl sites for hydroxylation is 10. The van der Waals surface area contributed by atoms with Crippen LogP contribution in [-0.4, -0.2) is 24.9 Å². The van der Waals surface area contributed by atoms with Gasteiger partial charge in [-0.15, -0.1) is 0 Å². The number of benzene rings is 5. The summed E-state index contributed by atoms with van der Waals surface area (Å²) >= 11 is 0. The van der Waals surface area contributed by atoms with Gasteiger partial charge in [0.05, 0.1) is 10.8 Å². The summed E-state index contributed by atoms with van der Waals surface area (Å²) in [5, 5.41) is 8.51. The standard InChI is InChI=1S/2C20H23N2.C19H21N2.2C16H15N2/c1-14(2)9-16-11-21-12-17-10-20(22(4)13-19(16)17)18-8-6-5-7-15(18)3;1-14(2)9-16-10-17-11-20(18-8-6-5-7-15(18)3)22(4)13-19(17)21-12-16;1-13(2)16-9-15-10-19(17-8-6-5-7-14(17)3)21(4)12-18(15)20-11-16;1-12-6-3-4-8-14(12)16-10-13-7-5-9-17-15(13)11-18(16)2;1-12-5-3-4-6-15(12)16-9-13-7-8-17-10-14(13)11-18(16)2/h2*5-8,10-14H,9H2,1-4H3;5-13H,1-4H3;2*3-11H,1-2H3/q5*+1. The van der Waals surface area contributed by atoms with E-state index >= 15 is 0 Å². The van der Waals surface area contributed by atoms with Gasteiger partial charge in [-0.3, -0.25) is 9.97 Å². The topological polar surface area (TPSA) is 83.8 Å². The van der Waals surface area contributed by atoms with Crippen LogP contribution >= 0.6 is 0 Å². The average Bonchev–Trinajstić information content (AvgIpc) is 0.811. The van der Waals surface area contributed by atoms with Crippen molar-refractivity contribution >= 4 is 54.3 Å². The summed E-state index contributed by atoms with van der Waals surface area (Å²) in [6, 6.07) is 64.3. The Bertz CT molecular complexity index is 5260. The van der Waals surface area contributed by atoms with Crippen molar-refractivity contribution in [3.05, 3.63) is 301 Å². The Morgan fingerprint density at radius 3 is 1.17 bits per heavy atom. The lowest BCUT2D eigenvalue weighted by Gasteiger charge is -2.10. The number of rotatable bonds is 10. The average molecular weight is 1330 g/mol. The van der Waals surface area contributed by atoms with Crippen LogP contribution in [0.15, 0.2) is 256 Å². The number of hydrogen-bond donors (Lipinski definition) is 0. The second-order valence-electron chi connectivity index (χ2n) is 28.1. The molecule has 0 amide bonds. The molecule has 0 atom stereocenters. The van der Waals surface area contributed by atoms with Crippen LogP contribution in [0.1, 0.15) is 92.0 Å². The number of fused-ring (bicyclic) bond motifs is 5. The summed E-state index contributed by atoms with van der Waals surface area (Å²) in [5.41, 5.74) is 26.0. The van der Waals surface area contributed by atoms with Crippen molar-refractivity contribution in [3.8, 4) is 56.3 Å². The maximum absolute atomic E-state index is 4.63. The van der Waals surface area contributed by atoms with Crippen LogP contribution in [0, 0.1) is 46.5 Å². The molecule has 0 saturated carbocycles. The minimum absolute atomic E-state index is 0.498. The van der Waals surface area contributed by atoms with Gasteiger partial charge in [-0.05, 0) is 170 Å². The highest BCUT2D eigenvalue weighted by Gasteiger charge is 2.20. The lowest BCUT2D eigenvalue weighted by Crippen LogP contribution is -2.30. The van der Waals surface area contributed by atoms with Gasteiger partial charge in [0.2, 0.25) is 28.5 Å². The minimum atomic E-state index is 0.498. The van der Waals surface area contributed by atoms with Crippen LogP contribution in [0.5, 0.6) is 0 Å². The first kappa shape index (κ1) is 71.2. The van der Waals surface area contributed by atoms with Crippen molar-refractivity contribution in [1.29, 1.82) is 0 Å². The molecule has 10 heteroatoms. The third-order valence-corrected chi connectivity index (χ3v) is 18.8. The maximum Gasteiger partial charge on any atom is 0.213 e. The van der Waals surface area contributed by atoms with Crippen LogP contribution < -0.4 is 22.8 Å². The van der Waals surface area contributed by atoms with Crippen LogP contribution in [-0.2, 0) is 48.1 Å². The predicted molar refractivity (Wildman–Crippen MR) is 417 cm³/mol. The van der Waals surface area contributed by atoms with E-state index in [0.717, 1.165) is 34.8 Å². The number of hydrogen-bond acceptors (Lipinski definition) is 5. The van der Waals surface area contributed by atoms with Gasteiger partial charge in [-0.2, -0.15) is 13.7 Å². The summed E-state index contributed by atoms with van der Waals surface area (Å²) in [7, 11) is 10.4. The summed E-state index contributed by atoms with van der Waals surface area (Å²) < 4.78 is 10.9. The number of pyridine rings is 10. The molecule has 0 N–H and O–H groups in total. The smallest absolute Gasteiger partial charge is 0.213 e. The summed E-state index contributed by atoms with van der Waals surface area (Å²) in [5.74, 6) is 1.78. The molecular formula is C91H97N10+5. The molecule has 0 aliphatic carbocycles. The molecule has 506 valence electrons. The molecular weight excluding hydrogens is 1230 g/mol. The van der Waals surface area contributed by atoms with Crippen molar-refractivity contribution in [1.82, 2.24) is 24.9 Å². The fourth-order valence-electron chi connectivity index (χ4n) is 13.3. The number of nitrogens with zero attached hydrogens (tertiary/aromatic N) is 10. The molecule has 0 radical (unpaired) electrons. The van der Waals surface area contributed by atoms with Gasteiger partial charge >= 0.3 is 0 Å². The third kappa shape index (κ3) is 17.1. The van der Waals surface area contributed by atoms with Gasteiger partial charge in [0.25, 0.3) is 0 Å². The fourth-order valence-corrected chi connectivity index (χ4v) is 13.3. The summed E-state index contributed by atoms with van der Waals surface area (Å²) in [4.78, 5) is 22.2. The van der Waals surface area contributed by atoms with Crippen LogP contribution in [0.2, 0.25) is 0 Å². The zero-order valence-electron chi connectivity index (χ0n) is 61.9. The van der Waals surface area contributed by atoms with Crippen molar-refractivity contribution in [2.45, 2.75) is 94.9 Å². The zero-order chi connectivity index (χ0) is 71.4. The Kier molecular flexibility index (Phi) is 22.7. The zero-order valence-corrected chi connectivity index (χ0v) is 61.9. The van der Waals surface area contributed by atoms with Crippen LogP contribution in [0.25, 0.3) is 111 Å². The Morgan fingerprint density at radius 2 is 0.703 bits per heavy atom. The van der Waals surface area contributed by atoms with E-state index in [1.165, 1.54) is 133 Å². The second-order valence-corrected chi connectivity index (χ2v) is 28.1. The Morgan fingerprint density at radius 1 is 0.307 bits per heavy atom. The van der Waals surface area contributed by atoms with Crippen molar-refractivity contribution in [3.63, 3.8) is 0 Å². The molecule has 0 fully saturated rings. The molecule has 101 heavy (non-hydrogen) atoms. The molecule has 15 aromatic rings. The molecule has 0 saturated heterocycles.